The summed E-state index contributed by atoms with van der Waals surface area (Å²) >= 11 is 0. The molecule has 0 aromatic heterocycles. The van der Waals surface area contributed by atoms with E-state index < -0.39 is 0 Å². The summed E-state index contributed by atoms with van der Waals surface area (Å²) in [5.41, 5.74) is 0.574. The number of hydrogen-bond acceptors (Lipinski definition) is 2. The van der Waals surface area contributed by atoms with Gasteiger partial charge in [0.25, 0.3) is 0 Å². The highest BCUT2D eigenvalue weighted by Crippen LogP contribution is 2.37. The molecule has 1 saturated heterocycles. The molecule has 2 atom stereocenters. The third kappa shape index (κ3) is 4.73. The molecular weight excluding hydrogens is 244 g/mol. The Labute approximate surface area is 126 Å². The fourth-order valence-corrected chi connectivity index (χ4v) is 4.62. The molecule has 2 heteroatoms. The molecule has 0 amide bonds. The molecule has 2 rings (SSSR count). The summed E-state index contributed by atoms with van der Waals surface area (Å²) < 4.78 is 0. The van der Waals surface area contributed by atoms with Crippen LogP contribution in [0.5, 0.6) is 0 Å². The molecule has 0 spiro atoms. The molecule has 118 valence electrons. The molecule has 1 saturated carbocycles. The van der Waals surface area contributed by atoms with Crippen molar-refractivity contribution in [3.63, 3.8) is 0 Å². The molecule has 1 heterocycles. The van der Waals surface area contributed by atoms with Crippen molar-refractivity contribution in [1.82, 2.24) is 10.2 Å². The lowest BCUT2D eigenvalue weighted by atomic mass is 9.73. The van der Waals surface area contributed by atoms with Gasteiger partial charge in [-0.3, -0.25) is 0 Å². The van der Waals surface area contributed by atoms with Crippen LogP contribution < -0.4 is 5.32 Å². The van der Waals surface area contributed by atoms with Crippen molar-refractivity contribution in [3.05, 3.63) is 0 Å². The quantitative estimate of drug-likeness (QED) is 0.742. The van der Waals surface area contributed by atoms with E-state index in [-0.39, 0.29) is 0 Å². The van der Waals surface area contributed by atoms with E-state index in [4.69, 9.17) is 0 Å². The highest BCUT2D eigenvalue weighted by molar-refractivity contribution is 4.89. The Balaban J connectivity index is 1.92. The fraction of sp³-hybridized carbons (Fsp3) is 1.00. The lowest BCUT2D eigenvalue weighted by Crippen LogP contribution is -2.49. The minimum atomic E-state index is 0.574. The van der Waals surface area contributed by atoms with E-state index in [0.29, 0.717) is 5.41 Å². The number of hydrogen-bond donors (Lipinski definition) is 1. The van der Waals surface area contributed by atoms with Crippen LogP contribution in [0.4, 0.5) is 0 Å². The second-order valence-corrected chi connectivity index (χ2v) is 7.88. The van der Waals surface area contributed by atoms with Crippen molar-refractivity contribution in [3.8, 4) is 0 Å². The van der Waals surface area contributed by atoms with E-state index >= 15 is 0 Å². The molecule has 2 unspecified atom stereocenters. The topological polar surface area (TPSA) is 15.3 Å². The maximum atomic E-state index is 3.73. The molecule has 1 N–H and O–H groups in total. The average Bonchev–Trinajstić information content (AvgIpc) is 2.38. The first-order chi connectivity index (χ1) is 9.63. The van der Waals surface area contributed by atoms with Crippen LogP contribution in [0, 0.1) is 17.3 Å². The van der Waals surface area contributed by atoms with E-state index in [1.165, 1.54) is 77.7 Å². The summed E-state index contributed by atoms with van der Waals surface area (Å²) in [4.78, 5) is 2.79. The summed E-state index contributed by atoms with van der Waals surface area (Å²) in [5, 5.41) is 3.73. The van der Waals surface area contributed by atoms with Crippen LogP contribution in [0.3, 0.4) is 0 Å². The van der Waals surface area contributed by atoms with Gasteiger partial charge in [0.05, 0.1) is 0 Å². The van der Waals surface area contributed by atoms with E-state index in [0.717, 1.165) is 11.8 Å². The van der Waals surface area contributed by atoms with E-state index in [2.05, 4.69) is 31.0 Å². The van der Waals surface area contributed by atoms with Crippen LogP contribution in [-0.4, -0.2) is 37.6 Å². The van der Waals surface area contributed by atoms with Crippen LogP contribution in [0.2, 0.25) is 0 Å². The minimum Gasteiger partial charge on any atom is -0.316 e. The van der Waals surface area contributed by atoms with Gasteiger partial charge in [-0.2, -0.15) is 0 Å². The SMILES string of the molecule is CCCNCC1(CN2CC(C)CC(C)C2)CCCCC1. The maximum Gasteiger partial charge on any atom is 0.00504 e. The number of likely N-dealkylation sites (tertiary alicyclic amines) is 1. The Hall–Kier alpha value is -0.0800. The predicted octanol–water partition coefficient (Wildman–Crippen LogP) is 3.91. The van der Waals surface area contributed by atoms with Crippen LogP contribution in [0.1, 0.15) is 65.7 Å². The summed E-state index contributed by atoms with van der Waals surface area (Å²) in [6.45, 7) is 13.6. The third-order valence-electron chi connectivity index (χ3n) is 5.34. The average molecular weight is 280 g/mol. The van der Waals surface area contributed by atoms with Crippen molar-refractivity contribution >= 4 is 0 Å². The monoisotopic (exact) mass is 280 g/mol. The smallest absolute Gasteiger partial charge is 0.00504 e. The van der Waals surface area contributed by atoms with E-state index in [1.54, 1.807) is 0 Å². The van der Waals surface area contributed by atoms with Gasteiger partial charge in [0.2, 0.25) is 0 Å². The molecule has 20 heavy (non-hydrogen) atoms. The number of nitrogens with one attached hydrogen (secondary N) is 1. The van der Waals surface area contributed by atoms with Crippen molar-refractivity contribution in [2.45, 2.75) is 65.7 Å². The Kier molecular flexibility index (Phi) is 6.35. The standard InChI is InChI=1S/C18H36N2/c1-4-10-19-14-18(8-6-5-7-9-18)15-20-12-16(2)11-17(3)13-20/h16-17,19H,4-15H2,1-3H3. The van der Waals surface area contributed by atoms with Gasteiger partial charge in [-0.05, 0) is 49.5 Å². The van der Waals surface area contributed by atoms with E-state index in [9.17, 15) is 0 Å². The largest absolute Gasteiger partial charge is 0.316 e. The van der Waals surface area contributed by atoms with Crippen LogP contribution in [-0.2, 0) is 0 Å². The molecule has 0 bridgehead atoms. The van der Waals surface area contributed by atoms with Crippen molar-refractivity contribution < 1.29 is 0 Å². The molecule has 1 aliphatic carbocycles. The number of rotatable bonds is 6. The summed E-state index contributed by atoms with van der Waals surface area (Å²) in [5.74, 6) is 1.78. The van der Waals surface area contributed by atoms with Crippen LogP contribution in [0.15, 0.2) is 0 Å². The van der Waals surface area contributed by atoms with E-state index in [1.807, 2.05) is 0 Å². The molecular formula is C18H36N2. The van der Waals surface area contributed by atoms with Gasteiger partial charge in [0.1, 0.15) is 0 Å². The molecule has 2 aliphatic rings. The maximum absolute atomic E-state index is 3.73. The molecule has 0 aromatic carbocycles. The first-order valence-electron chi connectivity index (χ1n) is 9.06. The zero-order valence-corrected chi connectivity index (χ0v) is 14.1. The summed E-state index contributed by atoms with van der Waals surface area (Å²) in [7, 11) is 0. The first kappa shape index (κ1) is 16.3. The fourth-order valence-electron chi connectivity index (χ4n) is 4.62. The third-order valence-corrected chi connectivity index (χ3v) is 5.34. The highest BCUT2D eigenvalue weighted by Gasteiger charge is 2.35. The molecule has 1 aliphatic heterocycles. The minimum absolute atomic E-state index is 0.574. The van der Waals surface area contributed by atoms with Crippen LogP contribution >= 0.6 is 0 Å². The zero-order chi connectivity index (χ0) is 14.4. The second kappa shape index (κ2) is 7.79. The van der Waals surface area contributed by atoms with Gasteiger partial charge in [0, 0.05) is 26.2 Å². The van der Waals surface area contributed by atoms with Crippen molar-refractivity contribution in [2.75, 3.05) is 32.7 Å². The normalized spacial score (nSPS) is 31.4. The number of piperidine rings is 1. The van der Waals surface area contributed by atoms with Gasteiger partial charge < -0.3 is 10.2 Å². The van der Waals surface area contributed by atoms with Gasteiger partial charge in [-0.1, -0.05) is 40.0 Å². The zero-order valence-electron chi connectivity index (χ0n) is 14.1. The molecule has 0 aromatic rings. The van der Waals surface area contributed by atoms with Crippen molar-refractivity contribution in [2.24, 2.45) is 17.3 Å². The Morgan fingerprint density at radius 2 is 1.70 bits per heavy atom. The van der Waals surface area contributed by atoms with Gasteiger partial charge in [0.15, 0.2) is 0 Å². The molecule has 2 fully saturated rings. The molecule has 0 radical (unpaired) electrons. The summed E-state index contributed by atoms with van der Waals surface area (Å²) in [6, 6.07) is 0. The summed E-state index contributed by atoms with van der Waals surface area (Å²) in [6.07, 6.45) is 9.94. The van der Waals surface area contributed by atoms with Gasteiger partial charge in [-0.25, -0.2) is 0 Å². The van der Waals surface area contributed by atoms with Crippen molar-refractivity contribution in [1.29, 1.82) is 0 Å². The Bertz CT molecular complexity index is 261. The Morgan fingerprint density at radius 1 is 1.05 bits per heavy atom. The predicted molar refractivity (Wildman–Crippen MR) is 88.1 cm³/mol. The highest BCUT2D eigenvalue weighted by atomic mass is 15.1. The molecule has 2 nitrogen and oxygen atoms in total. The first-order valence-corrected chi connectivity index (χ1v) is 9.06. The van der Waals surface area contributed by atoms with Gasteiger partial charge in [-0.15, -0.1) is 0 Å². The Morgan fingerprint density at radius 3 is 2.30 bits per heavy atom. The lowest BCUT2D eigenvalue weighted by Gasteiger charge is -2.44. The second-order valence-electron chi connectivity index (χ2n) is 7.88. The van der Waals surface area contributed by atoms with Crippen LogP contribution in [0.25, 0.3) is 0 Å². The lowest BCUT2D eigenvalue weighted by molar-refractivity contribution is 0.0585. The number of nitrogens with zero attached hydrogens (tertiary/aromatic N) is 1. The van der Waals surface area contributed by atoms with Gasteiger partial charge >= 0.3 is 0 Å².